The fourth-order valence-electron chi connectivity index (χ4n) is 1.72. The number of rotatable bonds is 4. The van der Waals surface area contributed by atoms with Crippen LogP contribution in [0.15, 0.2) is 60.7 Å². The standard InChI is InChI=1S/2C7H6O2.C6H14O2/c2*8-7(9)6-4-2-1-3-5-6;1-4(2)6(8)5(3)7/h2*1-5H,(H,8,9);4-8H,1-3H3. The van der Waals surface area contributed by atoms with Gasteiger partial charge < -0.3 is 20.4 Å². The zero-order valence-electron chi connectivity index (χ0n) is 15.1. The molecule has 0 amide bonds. The van der Waals surface area contributed by atoms with Crippen molar-refractivity contribution < 1.29 is 30.0 Å². The van der Waals surface area contributed by atoms with E-state index in [4.69, 9.17) is 20.4 Å². The Morgan fingerprint density at radius 2 is 1.00 bits per heavy atom. The molecule has 2 aromatic rings. The van der Waals surface area contributed by atoms with Crippen LogP contribution < -0.4 is 0 Å². The summed E-state index contributed by atoms with van der Waals surface area (Å²) in [5.41, 5.74) is 0.662. The first-order chi connectivity index (χ1) is 12.2. The number of carboxylic acids is 2. The van der Waals surface area contributed by atoms with Gasteiger partial charge in [0.05, 0.1) is 23.3 Å². The van der Waals surface area contributed by atoms with E-state index in [2.05, 4.69) is 0 Å². The van der Waals surface area contributed by atoms with E-state index in [1.54, 1.807) is 67.6 Å². The molecule has 0 radical (unpaired) electrons. The minimum Gasteiger partial charge on any atom is -0.478 e. The van der Waals surface area contributed by atoms with Crippen LogP contribution in [0.3, 0.4) is 0 Å². The molecular formula is C20H26O6. The third-order valence-corrected chi connectivity index (χ3v) is 3.22. The average Bonchev–Trinajstić information content (AvgIpc) is 2.63. The van der Waals surface area contributed by atoms with Crippen LogP contribution in [-0.2, 0) is 0 Å². The molecule has 0 aromatic heterocycles. The van der Waals surface area contributed by atoms with Crippen molar-refractivity contribution >= 4 is 11.9 Å². The molecule has 0 saturated carbocycles. The van der Waals surface area contributed by atoms with E-state index in [9.17, 15) is 9.59 Å². The first-order valence-corrected chi connectivity index (χ1v) is 8.09. The van der Waals surface area contributed by atoms with Crippen LogP contribution >= 0.6 is 0 Å². The molecule has 26 heavy (non-hydrogen) atoms. The van der Waals surface area contributed by atoms with Gasteiger partial charge in [0.25, 0.3) is 0 Å². The highest BCUT2D eigenvalue weighted by Gasteiger charge is 2.13. The van der Waals surface area contributed by atoms with Gasteiger partial charge in [0.2, 0.25) is 0 Å². The summed E-state index contributed by atoms with van der Waals surface area (Å²) in [5.74, 6) is -1.61. The SMILES string of the molecule is CC(C)C(O)C(C)O.O=C(O)c1ccccc1.O=C(O)c1ccccc1. The van der Waals surface area contributed by atoms with Gasteiger partial charge in [-0.05, 0) is 37.1 Å². The van der Waals surface area contributed by atoms with Crippen LogP contribution in [0, 0.1) is 5.92 Å². The van der Waals surface area contributed by atoms with Crippen molar-refractivity contribution in [2.45, 2.75) is 33.0 Å². The molecule has 0 aliphatic heterocycles. The highest BCUT2D eigenvalue weighted by Crippen LogP contribution is 2.04. The summed E-state index contributed by atoms with van der Waals surface area (Å²) in [6, 6.07) is 16.6. The lowest BCUT2D eigenvalue weighted by atomic mass is 10.0. The number of hydrogen-bond donors (Lipinski definition) is 4. The van der Waals surface area contributed by atoms with E-state index in [1.807, 2.05) is 13.8 Å². The van der Waals surface area contributed by atoms with E-state index >= 15 is 0 Å². The van der Waals surface area contributed by atoms with Gasteiger partial charge in [-0.15, -0.1) is 0 Å². The highest BCUT2D eigenvalue weighted by molar-refractivity contribution is 5.87. The van der Waals surface area contributed by atoms with Gasteiger partial charge in [-0.3, -0.25) is 0 Å². The van der Waals surface area contributed by atoms with Crippen molar-refractivity contribution in [1.29, 1.82) is 0 Å². The molecule has 0 fully saturated rings. The largest absolute Gasteiger partial charge is 0.478 e. The number of carbonyl (C=O) groups is 2. The Labute approximate surface area is 153 Å². The molecule has 0 heterocycles. The molecule has 2 atom stereocenters. The van der Waals surface area contributed by atoms with Crippen molar-refractivity contribution in [2.24, 2.45) is 5.92 Å². The second kappa shape index (κ2) is 12.6. The Morgan fingerprint density at radius 3 is 1.12 bits per heavy atom. The maximum atomic E-state index is 10.2. The molecule has 6 heteroatoms. The van der Waals surface area contributed by atoms with Gasteiger partial charge in [0.1, 0.15) is 0 Å². The monoisotopic (exact) mass is 362 g/mol. The summed E-state index contributed by atoms with van der Waals surface area (Å²) < 4.78 is 0. The summed E-state index contributed by atoms with van der Waals surface area (Å²) in [4.78, 5) is 20.4. The number of aliphatic hydroxyl groups is 2. The summed E-state index contributed by atoms with van der Waals surface area (Å²) in [6.07, 6.45) is -1.18. The van der Waals surface area contributed by atoms with Crippen molar-refractivity contribution in [3.63, 3.8) is 0 Å². The number of hydrogen-bond acceptors (Lipinski definition) is 4. The second-order valence-corrected chi connectivity index (χ2v) is 5.82. The zero-order valence-corrected chi connectivity index (χ0v) is 15.1. The molecule has 0 aliphatic rings. The summed E-state index contributed by atoms with van der Waals surface area (Å²) in [5, 5.41) is 34.5. The molecule has 142 valence electrons. The van der Waals surface area contributed by atoms with Crippen LogP contribution in [-0.4, -0.2) is 44.6 Å². The zero-order chi connectivity index (χ0) is 20.1. The third-order valence-electron chi connectivity index (χ3n) is 3.22. The first-order valence-electron chi connectivity index (χ1n) is 8.09. The summed E-state index contributed by atoms with van der Waals surface area (Å²) in [7, 11) is 0. The van der Waals surface area contributed by atoms with Crippen molar-refractivity contribution in [3.8, 4) is 0 Å². The Balaban J connectivity index is 0.000000362. The van der Waals surface area contributed by atoms with E-state index in [1.165, 1.54) is 0 Å². The van der Waals surface area contributed by atoms with Gasteiger partial charge >= 0.3 is 11.9 Å². The van der Waals surface area contributed by atoms with Crippen molar-refractivity contribution in [1.82, 2.24) is 0 Å². The van der Waals surface area contributed by atoms with Crippen LogP contribution in [0.2, 0.25) is 0 Å². The number of aromatic carboxylic acids is 2. The third kappa shape index (κ3) is 10.2. The Kier molecular flexibility index (Phi) is 11.3. The predicted molar refractivity (Wildman–Crippen MR) is 99.3 cm³/mol. The fraction of sp³-hybridized carbons (Fsp3) is 0.300. The first kappa shape index (κ1) is 23.3. The quantitative estimate of drug-likeness (QED) is 0.664. The Hall–Kier alpha value is -2.70. The lowest BCUT2D eigenvalue weighted by Gasteiger charge is -2.16. The molecule has 4 N–H and O–H groups in total. The average molecular weight is 362 g/mol. The van der Waals surface area contributed by atoms with Gasteiger partial charge in [-0.1, -0.05) is 50.2 Å². The van der Waals surface area contributed by atoms with Crippen molar-refractivity contribution in [2.75, 3.05) is 0 Å². The molecule has 2 unspecified atom stereocenters. The molecule has 0 aliphatic carbocycles. The summed E-state index contributed by atoms with van der Waals surface area (Å²) >= 11 is 0. The van der Waals surface area contributed by atoms with Crippen LogP contribution in [0.1, 0.15) is 41.5 Å². The smallest absolute Gasteiger partial charge is 0.335 e. The maximum absolute atomic E-state index is 10.2. The topological polar surface area (TPSA) is 115 Å². The normalized spacial score (nSPS) is 11.9. The molecule has 0 bridgehead atoms. The molecule has 2 aromatic carbocycles. The van der Waals surface area contributed by atoms with Gasteiger partial charge in [-0.2, -0.15) is 0 Å². The van der Waals surface area contributed by atoms with Crippen LogP contribution in [0.4, 0.5) is 0 Å². The minimum absolute atomic E-state index is 0.148. The van der Waals surface area contributed by atoms with Gasteiger partial charge in [0, 0.05) is 0 Å². The fourth-order valence-corrected chi connectivity index (χ4v) is 1.72. The van der Waals surface area contributed by atoms with E-state index in [-0.39, 0.29) is 5.92 Å². The lowest BCUT2D eigenvalue weighted by Crippen LogP contribution is -2.27. The van der Waals surface area contributed by atoms with Crippen molar-refractivity contribution in [3.05, 3.63) is 71.8 Å². The minimum atomic E-state index is -0.879. The van der Waals surface area contributed by atoms with Gasteiger partial charge in [0.15, 0.2) is 0 Å². The summed E-state index contributed by atoms with van der Waals surface area (Å²) in [6.45, 7) is 5.33. The molecule has 2 rings (SSSR count). The lowest BCUT2D eigenvalue weighted by molar-refractivity contribution is 0.00273. The highest BCUT2D eigenvalue weighted by atomic mass is 16.4. The van der Waals surface area contributed by atoms with E-state index in [0.717, 1.165) is 0 Å². The van der Waals surface area contributed by atoms with Gasteiger partial charge in [-0.25, -0.2) is 9.59 Å². The van der Waals surface area contributed by atoms with E-state index in [0.29, 0.717) is 11.1 Å². The Bertz CT molecular complexity index is 580. The Morgan fingerprint density at radius 1 is 0.692 bits per heavy atom. The second-order valence-electron chi connectivity index (χ2n) is 5.82. The van der Waals surface area contributed by atoms with Crippen LogP contribution in [0.25, 0.3) is 0 Å². The molecular weight excluding hydrogens is 336 g/mol. The van der Waals surface area contributed by atoms with Crippen LogP contribution in [0.5, 0.6) is 0 Å². The van der Waals surface area contributed by atoms with E-state index < -0.39 is 24.1 Å². The maximum Gasteiger partial charge on any atom is 0.335 e. The number of benzene rings is 2. The number of carboxylic acid groups (broad SMARTS) is 2. The molecule has 0 saturated heterocycles. The number of aliphatic hydroxyl groups excluding tert-OH is 2. The molecule has 0 spiro atoms. The molecule has 6 nitrogen and oxygen atoms in total. The predicted octanol–water partition coefficient (Wildman–Crippen LogP) is 3.15.